The molecule has 16 heteroatoms. The highest BCUT2D eigenvalue weighted by molar-refractivity contribution is 6.60. The second kappa shape index (κ2) is 12.2. The second-order valence-electron chi connectivity index (χ2n) is 10.7. The molecule has 0 spiro atoms. The molecular formula is C28H17B10N3O3. The van der Waals surface area contributed by atoms with Crippen LogP contribution in [-0.2, 0) is 25.1 Å². The highest BCUT2D eigenvalue weighted by Crippen LogP contribution is 2.32. The molecule has 0 aliphatic carbocycles. The average molecular weight is 552 g/mol. The van der Waals surface area contributed by atoms with Crippen LogP contribution < -0.4 is 11.1 Å². The highest BCUT2D eigenvalue weighted by Gasteiger charge is 2.44. The molecule has 6 nitrogen and oxygen atoms in total. The van der Waals surface area contributed by atoms with Crippen molar-refractivity contribution >= 4 is 107 Å². The third-order valence-corrected chi connectivity index (χ3v) is 7.07. The molecule has 1 amide bonds. The van der Waals surface area contributed by atoms with E-state index in [0.29, 0.717) is 11.3 Å². The first kappa shape index (κ1) is 33.5. The molecule has 1 heterocycles. The molecule has 0 aliphatic rings. The summed E-state index contributed by atoms with van der Waals surface area (Å²) in [6.45, 7) is 0. The third kappa shape index (κ3) is 6.96. The zero-order valence-corrected chi connectivity index (χ0v) is 23.6. The van der Waals surface area contributed by atoms with E-state index in [1.165, 1.54) is 42.5 Å². The van der Waals surface area contributed by atoms with Crippen LogP contribution in [0.5, 0.6) is 0 Å². The van der Waals surface area contributed by atoms with E-state index in [1.54, 1.807) is 36.7 Å². The van der Waals surface area contributed by atoms with Crippen LogP contribution in [0.1, 0.15) is 38.6 Å². The number of pyridine rings is 1. The number of rotatable bonds is 9. The maximum absolute atomic E-state index is 13.5. The van der Waals surface area contributed by atoms with Crippen molar-refractivity contribution in [3.05, 3.63) is 107 Å². The zero-order valence-electron chi connectivity index (χ0n) is 23.6. The first-order valence-electron chi connectivity index (χ1n) is 13.1. The van der Waals surface area contributed by atoms with Crippen LogP contribution in [0.2, 0.25) is 0 Å². The Labute approximate surface area is 270 Å². The number of amides is 1. The fourth-order valence-electron chi connectivity index (χ4n) is 4.50. The molecule has 4 rings (SSSR count). The van der Waals surface area contributed by atoms with Gasteiger partial charge >= 0.3 is 5.97 Å². The molecule has 0 saturated heterocycles. The Morgan fingerprint density at radius 1 is 0.773 bits per heavy atom. The van der Waals surface area contributed by atoms with Crippen molar-refractivity contribution in [1.29, 1.82) is 0 Å². The van der Waals surface area contributed by atoms with Crippen LogP contribution >= 0.6 is 0 Å². The van der Waals surface area contributed by atoms with Crippen molar-refractivity contribution in [3.63, 3.8) is 0 Å². The summed E-state index contributed by atoms with van der Waals surface area (Å²) in [5.74, 6) is -1.68. The van der Waals surface area contributed by atoms with Gasteiger partial charge in [0.25, 0.3) is 0 Å². The standard InChI is InChI=1S/C28H17B10N3O3/c29-22(44-23(42)20-8-6-18(26(31,32)33)12-21(20)27(34,35)36)14-1-4-17(5-2-14)25(30,28(37,38)39)24(43)41-19-7-3-16-13-40-10-9-15(16)11-19/h1-13,22H,39H2,(H,41,43). The average Bonchev–Trinajstić information content (AvgIpc) is 2.94. The van der Waals surface area contributed by atoms with E-state index in [-0.39, 0.29) is 22.3 Å². The van der Waals surface area contributed by atoms with E-state index >= 15 is 0 Å². The molecule has 0 saturated carbocycles. The molecule has 4 aromatic rings. The van der Waals surface area contributed by atoms with E-state index in [0.717, 1.165) is 10.8 Å². The Kier molecular flexibility index (Phi) is 9.29. The largest absolute Gasteiger partial charge is 0.465 e. The van der Waals surface area contributed by atoms with E-state index in [1.807, 2.05) is 0 Å². The van der Waals surface area contributed by atoms with Gasteiger partial charge in [0.2, 0.25) is 5.91 Å². The quantitative estimate of drug-likeness (QED) is 0.215. The van der Waals surface area contributed by atoms with Gasteiger partial charge in [-0.15, -0.1) is 10.2 Å². The molecule has 2 atom stereocenters. The van der Waals surface area contributed by atoms with Gasteiger partial charge in [0.05, 0.1) is 82.2 Å². The minimum atomic E-state index is -2.20. The lowest BCUT2D eigenvalue weighted by Gasteiger charge is -2.42. The van der Waals surface area contributed by atoms with E-state index < -0.39 is 38.8 Å². The van der Waals surface area contributed by atoms with Crippen LogP contribution in [0.4, 0.5) is 5.69 Å². The monoisotopic (exact) mass is 553 g/mol. The Bertz CT molecular complexity index is 1700. The number of carbonyl (C=O) groups is 2. The number of hydrogen-bond donors (Lipinski definition) is 2. The maximum Gasteiger partial charge on any atom is 0.338 e. The van der Waals surface area contributed by atoms with Gasteiger partial charge in [-0.25, -0.2) is 4.79 Å². The summed E-state index contributed by atoms with van der Waals surface area (Å²) in [7, 11) is 59.5. The third-order valence-electron chi connectivity index (χ3n) is 7.07. The number of fused-ring (bicyclic) bond motifs is 1. The molecule has 44 heavy (non-hydrogen) atoms. The Balaban J connectivity index is 1.57. The summed E-state index contributed by atoms with van der Waals surface area (Å²) in [6.07, 6.45) is 3.31. The van der Waals surface area contributed by atoms with Crippen LogP contribution in [0.15, 0.2) is 79.1 Å². The molecule has 0 fully saturated rings. The van der Waals surface area contributed by atoms with Gasteiger partial charge in [0.15, 0.2) is 0 Å². The normalized spacial score (nSPS) is 14.3. The Morgan fingerprint density at radius 2 is 1.41 bits per heavy atom. The van der Waals surface area contributed by atoms with E-state index in [9.17, 15) is 9.59 Å². The zero-order chi connectivity index (χ0) is 32.7. The van der Waals surface area contributed by atoms with Crippen LogP contribution in [-0.4, -0.2) is 101 Å². The van der Waals surface area contributed by atoms with Crippen molar-refractivity contribution in [2.45, 2.75) is 26.9 Å². The lowest BCUT2D eigenvalue weighted by Crippen LogP contribution is -2.65. The minimum absolute atomic E-state index is 0.0412. The molecule has 1 aromatic heterocycles. The number of anilines is 1. The van der Waals surface area contributed by atoms with Gasteiger partial charge < -0.3 is 15.8 Å². The van der Waals surface area contributed by atoms with Crippen molar-refractivity contribution in [2.75, 3.05) is 5.32 Å². The minimum Gasteiger partial charge on any atom is -0.465 e. The van der Waals surface area contributed by atoms with Gasteiger partial charge in [-0.2, -0.15) is 0 Å². The number of nitrogens with two attached hydrogens (primary N) is 1. The van der Waals surface area contributed by atoms with Gasteiger partial charge in [-0.1, -0.05) is 53.6 Å². The molecule has 192 valence electrons. The summed E-state index contributed by atoms with van der Waals surface area (Å²) in [4.78, 5) is 30.6. The van der Waals surface area contributed by atoms with Crippen LogP contribution in [0.3, 0.4) is 0 Å². The first-order chi connectivity index (χ1) is 20.3. The SMILES string of the molecule is [B]C(OC(=O)c1ccc(C([B])([B])[B])cc1C([B])([B])[B])c1ccc(C([B])(C(=O)Nc2ccc3cnccc3c2)C([B])([B])N)cc1. The number of benzene rings is 3. The molecular weight excluding hydrogens is 534 g/mol. The number of esters is 1. The Morgan fingerprint density at radius 3 is 2.00 bits per heavy atom. The second-order valence-corrected chi connectivity index (χ2v) is 10.7. The van der Waals surface area contributed by atoms with Crippen molar-refractivity contribution < 1.29 is 14.3 Å². The molecule has 20 radical (unpaired) electrons. The lowest BCUT2D eigenvalue weighted by molar-refractivity contribution is -0.119. The topological polar surface area (TPSA) is 94.3 Å². The van der Waals surface area contributed by atoms with Gasteiger partial charge in [0.1, 0.15) is 7.85 Å². The molecule has 3 aromatic carbocycles. The van der Waals surface area contributed by atoms with Crippen molar-refractivity contribution in [1.82, 2.24) is 4.98 Å². The lowest BCUT2D eigenvalue weighted by atomic mass is 9.37. The number of carbonyl (C=O) groups excluding carboxylic acids is 2. The predicted molar refractivity (Wildman–Crippen MR) is 181 cm³/mol. The van der Waals surface area contributed by atoms with Crippen LogP contribution in [0, 0.1) is 0 Å². The molecule has 3 N–H and O–H groups in total. The summed E-state index contributed by atoms with van der Waals surface area (Å²) < 4.78 is 5.43. The van der Waals surface area contributed by atoms with Gasteiger partial charge in [-0.05, 0) is 46.1 Å². The highest BCUT2D eigenvalue weighted by atomic mass is 16.5. The number of ether oxygens (including phenoxy) is 1. The molecule has 2 unspecified atom stereocenters. The van der Waals surface area contributed by atoms with Gasteiger partial charge in [-0.3, -0.25) is 9.78 Å². The molecule has 0 aliphatic heterocycles. The summed E-state index contributed by atoms with van der Waals surface area (Å²) in [5, 5.41) is -3.63. The summed E-state index contributed by atoms with van der Waals surface area (Å²) >= 11 is 0. The number of nitrogens with zero attached hydrogens (tertiary/aromatic N) is 1. The summed E-state index contributed by atoms with van der Waals surface area (Å²) in [6, 6.07) is 15.5. The number of hydrogen-bond acceptors (Lipinski definition) is 5. The van der Waals surface area contributed by atoms with Crippen molar-refractivity contribution in [2.24, 2.45) is 5.73 Å². The van der Waals surface area contributed by atoms with Crippen molar-refractivity contribution in [3.8, 4) is 0 Å². The smallest absolute Gasteiger partial charge is 0.338 e. The summed E-state index contributed by atoms with van der Waals surface area (Å²) in [5.41, 5.74) is 6.98. The predicted octanol–water partition coefficient (Wildman–Crippen LogP) is -0.557. The first-order valence-corrected chi connectivity index (χ1v) is 13.1. The fourth-order valence-corrected chi connectivity index (χ4v) is 4.50. The maximum atomic E-state index is 13.5. The fraction of sp³-hybridized carbons (Fsp3) is 0.179. The Hall–Kier alpha value is -3.38. The van der Waals surface area contributed by atoms with Gasteiger partial charge in [0, 0.05) is 28.8 Å². The van der Waals surface area contributed by atoms with E-state index in [4.69, 9.17) is 88.9 Å². The number of aromatic nitrogens is 1. The van der Waals surface area contributed by atoms with E-state index in [2.05, 4.69) is 10.3 Å². The van der Waals surface area contributed by atoms with Crippen LogP contribution in [0.25, 0.3) is 10.8 Å². The number of nitrogens with one attached hydrogen (secondary N) is 1. The molecule has 0 bridgehead atoms.